The third-order valence-corrected chi connectivity index (χ3v) is 5.37. The van der Waals surface area contributed by atoms with Crippen LogP contribution in [0.2, 0.25) is 0 Å². The first-order valence-electron chi connectivity index (χ1n) is 8.05. The van der Waals surface area contributed by atoms with E-state index >= 15 is 0 Å². The number of halogens is 1. The van der Waals surface area contributed by atoms with Gasteiger partial charge in [-0.2, -0.15) is 0 Å². The standard InChI is InChI=1S/C19H19IN2O3/c1-12-3-5-15(9-13(12)2)22(20)19(24)11-25-16-6-7-17-14(10-16)4-8-18(23)21-17/h3,5-7,9-10H,4,8,11H2,1-2H3,(H,21,23). The maximum absolute atomic E-state index is 12.4. The first-order chi connectivity index (χ1) is 11.9. The minimum Gasteiger partial charge on any atom is -0.484 e. The number of anilines is 2. The van der Waals surface area contributed by atoms with Gasteiger partial charge in [-0.3, -0.25) is 9.59 Å². The lowest BCUT2D eigenvalue weighted by atomic mass is 10.0. The minimum atomic E-state index is -0.130. The number of benzene rings is 2. The Kier molecular flexibility index (Phi) is 5.27. The van der Waals surface area contributed by atoms with E-state index in [1.807, 2.05) is 67.0 Å². The predicted molar refractivity (Wildman–Crippen MR) is 106 cm³/mol. The Morgan fingerprint density at radius 3 is 2.72 bits per heavy atom. The molecule has 1 aliphatic heterocycles. The van der Waals surface area contributed by atoms with Gasteiger partial charge in [-0.05, 0) is 67.3 Å². The van der Waals surface area contributed by atoms with Gasteiger partial charge >= 0.3 is 0 Å². The van der Waals surface area contributed by atoms with Crippen molar-refractivity contribution < 1.29 is 14.3 Å². The third kappa shape index (κ3) is 4.12. The highest BCUT2D eigenvalue weighted by atomic mass is 127. The highest BCUT2D eigenvalue weighted by molar-refractivity contribution is 14.1. The van der Waals surface area contributed by atoms with Crippen molar-refractivity contribution >= 4 is 46.1 Å². The normalized spacial score (nSPS) is 13.0. The number of nitrogens with one attached hydrogen (secondary N) is 1. The number of carbonyl (C=O) groups excluding carboxylic acids is 2. The molecule has 2 aromatic carbocycles. The van der Waals surface area contributed by atoms with Gasteiger partial charge in [0.1, 0.15) is 5.75 Å². The van der Waals surface area contributed by atoms with Gasteiger partial charge in [0, 0.05) is 12.1 Å². The largest absolute Gasteiger partial charge is 0.484 e. The molecule has 0 bridgehead atoms. The second-order valence-corrected chi connectivity index (χ2v) is 7.06. The highest BCUT2D eigenvalue weighted by Gasteiger charge is 2.17. The van der Waals surface area contributed by atoms with Crippen molar-refractivity contribution in [2.45, 2.75) is 26.7 Å². The number of fused-ring (bicyclic) bond motifs is 1. The Morgan fingerprint density at radius 2 is 1.96 bits per heavy atom. The van der Waals surface area contributed by atoms with Crippen molar-refractivity contribution in [2.75, 3.05) is 15.0 Å². The molecule has 0 atom stereocenters. The van der Waals surface area contributed by atoms with Crippen molar-refractivity contribution in [2.24, 2.45) is 0 Å². The fraction of sp³-hybridized carbons (Fsp3) is 0.263. The number of aryl methyl sites for hydroxylation is 3. The SMILES string of the molecule is Cc1ccc(N(I)C(=O)COc2ccc3c(c2)CCC(=O)N3)cc1C. The van der Waals surface area contributed by atoms with Crippen molar-refractivity contribution in [3.05, 3.63) is 53.1 Å². The average molecular weight is 450 g/mol. The molecule has 0 radical (unpaired) electrons. The van der Waals surface area contributed by atoms with Crippen LogP contribution in [0.1, 0.15) is 23.1 Å². The summed E-state index contributed by atoms with van der Waals surface area (Å²) in [5.41, 5.74) is 5.03. The lowest BCUT2D eigenvalue weighted by molar-refractivity contribution is -0.119. The molecule has 0 unspecified atom stereocenters. The maximum Gasteiger partial charge on any atom is 0.273 e. The minimum absolute atomic E-state index is 0.0327. The van der Waals surface area contributed by atoms with E-state index in [-0.39, 0.29) is 18.4 Å². The molecular formula is C19H19IN2O3. The zero-order valence-electron chi connectivity index (χ0n) is 14.1. The van der Waals surface area contributed by atoms with Crippen LogP contribution in [0, 0.1) is 13.8 Å². The summed E-state index contributed by atoms with van der Waals surface area (Å²) in [5.74, 6) is 0.535. The van der Waals surface area contributed by atoms with Crippen LogP contribution in [-0.4, -0.2) is 18.4 Å². The monoisotopic (exact) mass is 450 g/mol. The molecule has 130 valence electrons. The molecule has 0 fully saturated rings. The molecule has 6 heteroatoms. The van der Waals surface area contributed by atoms with Crippen LogP contribution in [0.5, 0.6) is 5.75 Å². The van der Waals surface area contributed by atoms with Gasteiger partial charge in [0.2, 0.25) is 5.91 Å². The summed E-state index contributed by atoms with van der Waals surface area (Å²) in [6, 6.07) is 11.4. The van der Waals surface area contributed by atoms with Crippen LogP contribution in [-0.2, 0) is 16.0 Å². The van der Waals surface area contributed by atoms with Crippen LogP contribution in [0.4, 0.5) is 11.4 Å². The quantitative estimate of drug-likeness (QED) is 0.567. The van der Waals surface area contributed by atoms with Gasteiger partial charge < -0.3 is 10.1 Å². The second-order valence-electron chi connectivity index (χ2n) is 6.10. The molecule has 3 rings (SSSR count). The summed E-state index contributed by atoms with van der Waals surface area (Å²) in [5, 5.41) is 2.83. The topological polar surface area (TPSA) is 58.6 Å². The van der Waals surface area contributed by atoms with Gasteiger partial charge in [0.15, 0.2) is 6.61 Å². The molecule has 1 aliphatic rings. The molecule has 0 aliphatic carbocycles. The number of rotatable bonds is 4. The van der Waals surface area contributed by atoms with Gasteiger partial charge in [-0.1, -0.05) is 6.07 Å². The Labute approximate surface area is 160 Å². The van der Waals surface area contributed by atoms with Crippen molar-refractivity contribution in [3.8, 4) is 5.75 Å². The molecule has 5 nitrogen and oxygen atoms in total. The van der Waals surface area contributed by atoms with E-state index in [1.54, 1.807) is 9.18 Å². The Bertz CT molecular complexity index is 835. The first-order valence-corrected chi connectivity index (χ1v) is 9.02. The molecule has 0 spiro atoms. The summed E-state index contributed by atoms with van der Waals surface area (Å²) in [6.45, 7) is 4.03. The highest BCUT2D eigenvalue weighted by Crippen LogP contribution is 2.27. The Morgan fingerprint density at radius 1 is 1.16 bits per heavy atom. The molecule has 0 aromatic heterocycles. The Hall–Kier alpha value is -2.09. The summed E-state index contributed by atoms with van der Waals surface area (Å²) >= 11 is 2.00. The van der Waals surface area contributed by atoms with E-state index in [4.69, 9.17) is 4.74 Å². The van der Waals surface area contributed by atoms with Crippen LogP contribution >= 0.6 is 22.9 Å². The zero-order valence-corrected chi connectivity index (χ0v) is 16.3. The van der Waals surface area contributed by atoms with E-state index < -0.39 is 0 Å². The number of carbonyl (C=O) groups is 2. The second kappa shape index (κ2) is 7.43. The molecule has 1 N–H and O–H groups in total. The van der Waals surface area contributed by atoms with Crippen molar-refractivity contribution in [1.82, 2.24) is 0 Å². The third-order valence-electron chi connectivity index (χ3n) is 4.27. The fourth-order valence-electron chi connectivity index (χ4n) is 2.64. The van der Waals surface area contributed by atoms with Crippen LogP contribution in [0.25, 0.3) is 0 Å². The van der Waals surface area contributed by atoms with E-state index in [2.05, 4.69) is 5.32 Å². The molecule has 2 aromatic rings. The lowest BCUT2D eigenvalue weighted by Gasteiger charge is -2.19. The maximum atomic E-state index is 12.4. The lowest BCUT2D eigenvalue weighted by Crippen LogP contribution is -2.26. The number of nitrogens with zero attached hydrogens (tertiary/aromatic N) is 1. The molecule has 25 heavy (non-hydrogen) atoms. The van der Waals surface area contributed by atoms with Crippen molar-refractivity contribution in [3.63, 3.8) is 0 Å². The Balaban J connectivity index is 1.64. The number of hydrogen-bond donors (Lipinski definition) is 1. The van der Waals surface area contributed by atoms with Gasteiger partial charge in [0.05, 0.1) is 28.6 Å². The van der Waals surface area contributed by atoms with Gasteiger partial charge in [0.25, 0.3) is 5.91 Å². The van der Waals surface area contributed by atoms with E-state index in [9.17, 15) is 9.59 Å². The first kappa shape index (κ1) is 17.7. The van der Waals surface area contributed by atoms with E-state index in [0.29, 0.717) is 18.6 Å². The van der Waals surface area contributed by atoms with Crippen molar-refractivity contribution in [1.29, 1.82) is 0 Å². The summed E-state index contributed by atoms with van der Waals surface area (Å²) < 4.78 is 7.22. The molecule has 1 heterocycles. The predicted octanol–water partition coefficient (Wildman–Crippen LogP) is 3.95. The molecular weight excluding hydrogens is 431 g/mol. The zero-order chi connectivity index (χ0) is 18.0. The molecule has 0 saturated carbocycles. The van der Waals surface area contributed by atoms with Gasteiger partial charge in [-0.15, -0.1) is 0 Å². The van der Waals surface area contributed by atoms with Crippen LogP contribution in [0.15, 0.2) is 36.4 Å². The van der Waals surface area contributed by atoms with Crippen LogP contribution < -0.4 is 13.2 Å². The molecule has 0 saturated heterocycles. The van der Waals surface area contributed by atoms with Crippen LogP contribution in [0.3, 0.4) is 0 Å². The van der Waals surface area contributed by atoms with Gasteiger partial charge in [-0.25, -0.2) is 3.11 Å². The number of ether oxygens (including phenoxy) is 1. The fourth-order valence-corrected chi connectivity index (χ4v) is 3.08. The number of amides is 2. The average Bonchev–Trinajstić information content (AvgIpc) is 2.61. The molecule has 2 amide bonds. The summed E-state index contributed by atoms with van der Waals surface area (Å²) in [6.07, 6.45) is 1.16. The smallest absolute Gasteiger partial charge is 0.273 e. The summed E-state index contributed by atoms with van der Waals surface area (Å²) in [7, 11) is 0. The number of hydrogen-bond acceptors (Lipinski definition) is 3. The van der Waals surface area contributed by atoms with E-state index in [0.717, 1.165) is 22.5 Å². The van der Waals surface area contributed by atoms with E-state index in [1.165, 1.54) is 5.56 Å². The summed E-state index contributed by atoms with van der Waals surface area (Å²) in [4.78, 5) is 23.8.